The number of nitrogens with two attached hydrogens (primary N) is 1. The number of halogens is 1. The fourth-order valence-electron chi connectivity index (χ4n) is 2.90. The third kappa shape index (κ3) is 2.94. The number of nitrogens with zero attached hydrogens (tertiary/aromatic N) is 1. The minimum Gasteiger partial charge on any atom is -0.338 e. The highest BCUT2D eigenvalue weighted by Gasteiger charge is 2.27. The summed E-state index contributed by atoms with van der Waals surface area (Å²) < 4.78 is 14.2. The van der Waals surface area contributed by atoms with E-state index in [4.69, 9.17) is 5.73 Å². The van der Waals surface area contributed by atoms with Gasteiger partial charge in [0.25, 0.3) is 5.91 Å². The predicted octanol–water partition coefficient (Wildman–Crippen LogP) is 3.24. The number of carbonyl (C=O) groups is 1. The van der Waals surface area contributed by atoms with E-state index in [0.717, 1.165) is 36.0 Å². The second-order valence-corrected chi connectivity index (χ2v) is 6.89. The number of fused-ring (bicyclic) bond motifs is 1. The van der Waals surface area contributed by atoms with E-state index in [1.54, 1.807) is 12.1 Å². The van der Waals surface area contributed by atoms with Crippen LogP contribution in [0.4, 0.5) is 4.39 Å². The number of carbonyl (C=O) groups excluding carboxylic acids is 1. The van der Waals surface area contributed by atoms with Crippen molar-refractivity contribution < 1.29 is 9.18 Å². The van der Waals surface area contributed by atoms with Gasteiger partial charge < -0.3 is 10.6 Å². The number of piperidine rings is 1. The molecule has 1 aliphatic heterocycles. The average Bonchev–Trinajstić information content (AvgIpc) is 2.89. The molecule has 3 rings (SSSR count). The lowest BCUT2D eigenvalue weighted by Gasteiger charge is -2.34. The van der Waals surface area contributed by atoms with Crippen molar-refractivity contribution >= 4 is 27.3 Å². The Balaban J connectivity index is 1.82. The molecule has 2 N–H and O–H groups in total. The molecule has 0 unspecified atom stereocenters. The van der Waals surface area contributed by atoms with Gasteiger partial charge in [-0.25, -0.2) is 4.39 Å². The van der Waals surface area contributed by atoms with Crippen LogP contribution in [-0.4, -0.2) is 29.9 Å². The highest BCUT2D eigenvalue weighted by atomic mass is 32.1. The Hall–Kier alpha value is -1.46. The molecule has 2 aromatic rings. The van der Waals surface area contributed by atoms with Gasteiger partial charge in [-0.05, 0) is 55.3 Å². The second kappa shape index (κ2) is 5.73. The third-order valence-electron chi connectivity index (χ3n) is 4.18. The molecule has 0 radical (unpaired) electrons. The minimum absolute atomic E-state index is 0.0435. The quantitative estimate of drug-likeness (QED) is 0.926. The van der Waals surface area contributed by atoms with E-state index in [1.165, 1.54) is 23.5 Å². The van der Waals surface area contributed by atoms with Crippen LogP contribution in [0, 0.1) is 11.7 Å². The van der Waals surface area contributed by atoms with Gasteiger partial charge in [0.2, 0.25) is 0 Å². The van der Waals surface area contributed by atoms with E-state index in [-0.39, 0.29) is 17.8 Å². The summed E-state index contributed by atoms with van der Waals surface area (Å²) in [6, 6.07) is 6.54. The molecule has 1 aromatic heterocycles. The first kappa shape index (κ1) is 14.5. The molecule has 1 amide bonds. The zero-order valence-corrected chi connectivity index (χ0v) is 12.8. The fraction of sp³-hybridized carbons (Fsp3) is 0.438. The summed E-state index contributed by atoms with van der Waals surface area (Å²) in [5, 5.41) is 0.795. The van der Waals surface area contributed by atoms with Gasteiger partial charge >= 0.3 is 0 Å². The number of amides is 1. The molecule has 0 aliphatic carbocycles. The van der Waals surface area contributed by atoms with Crippen LogP contribution in [0.5, 0.6) is 0 Å². The lowest BCUT2D eigenvalue weighted by molar-refractivity contribution is 0.0666. The molecule has 5 heteroatoms. The van der Waals surface area contributed by atoms with Crippen molar-refractivity contribution in [1.29, 1.82) is 0 Å². The largest absolute Gasteiger partial charge is 0.338 e. The smallest absolute Gasteiger partial charge is 0.263 e. The van der Waals surface area contributed by atoms with E-state index < -0.39 is 0 Å². The number of rotatable bonds is 2. The summed E-state index contributed by atoms with van der Waals surface area (Å²) >= 11 is 1.43. The highest BCUT2D eigenvalue weighted by molar-refractivity contribution is 7.20. The Morgan fingerprint density at radius 3 is 3.05 bits per heavy atom. The Labute approximate surface area is 127 Å². The lowest BCUT2D eigenvalue weighted by atomic mass is 9.92. The first-order valence-electron chi connectivity index (χ1n) is 7.28. The Bertz CT molecular complexity index is 667. The van der Waals surface area contributed by atoms with Gasteiger partial charge in [-0.2, -0.15) is 0 Å². The molecule has 1 saturated heterocycles. The Kier molecular flexibility index (Phi) is 3.95. The molecule has 21 heavy (non-hydrogen) atoms. The van der Waals surface area contributed by atoms with Crippen LogP contribution >= 0.6 is 11.3 Å². The highest BCUT2D eigenvalue weighted by Crippen LogP contribution is 2.29. The molecular formula is C16H19FN2OS. The van der Waals surface area contributed by atoms with Crippen molar-refractivity contribution in [2.75, 3.05) is 13.1 Å². The van der Waals surface area contributed by atoms with Crippen molar-refractivity contribution in [1.82, 2.24) is 4.90 Å². The number of hydrogen-bond donors (Lipinski definition) is 1. The van der Waals surface area contributed by atoms with Crippen molar-refractivity contribution in [2.45, 2.75) is 25.8 Å². The second-order valence-electron chi connectivity index (χ2n) is 5.81. The summed E-state index contributed by atoms with van der Waals surface area (Å²) in [6.45, 7) is 3.50. The van der Waals surface area contributed by atoms with Gasteiger partial charge in [-0.15, -0.1) is 11.3 Å². The minimum atomic E-state index is -0.269. The van der Waals surface area contributed by atoms with Crippen molar-refractivity contribution in [3.05, 3.63) is 35.0 Å². The van der Waals surface area contributed by atoms with Crippen LogP contribution < -0.4 is 5.73 Å². The summed E-state index contributed by atoms with van der Waals surface area (Å²) in [7, 11) is 0. The zero-order valence-electron chi connectivity index (χ0n) is 12.0. The molecule has 0 bridgehead atoms. The van der Waals surface area contributed by atoms with E-state index >= 15 is 0 Å². The van der Waals surface area contributed by atoms with Crippen molar-refractivity contribution in [2.24, 2.45) is 11.7 Å². The van der Waals surface area contributed by atoms with Crippen molar-refractivity contribution in [3.8, 4) is 0 Å². The maximum atomic E-state index is 13.2. The molecule has 1 fully saturated rings. The molecule has 2 heterocycles. The summed E-state index contributed by atoms with van der Waals surface area (Å²) in [6.07, 6.45) is 2.08. The average molecular weight is 306 g/mol. The standard InChI is InChI=1S/C16H19FN2OS/c1-10(18)11-3-2-6-19(9-11)16(20)15-8-12-7-13(17)4-5-14(12)21-15/h4-5,7-8,10-11H,2-3,6,9,18H2,1H3/t10-,11+/m0/s1. The van der Waals surface area contributed by atoms with Gasteiger partial charge in [-0.3, -0.25) is 4.79 Å². The van der Waals surface area contributed by atoms with Gasteiger partial charge in [-0.1, -0.05) is 0 Å². The first-order chi connectivity index (χ1) is 10.0. The maximum absolute atomic E-state index is 13.2. The number of thiophene rings is 1. The van der Waals surface area contributed by atoms with E-state index in [1.807, 2.05) is 11.8 Å². The molecule has 1 aliphatic rings. The third-order valence-corrected chi connectivity index (χ3v) is 5.28. The monoisotopic (exact) mass is 306 g/mol. The van der Waals surface area contributed by atoms with Crippen LogP contribution in [0.3, 0.4) is 0 Å². The summed E-state index contributed by atoms with van der Waals surface area (Å²) in [4.78, 5) is 15.2. The van der Waals surface area contributed by atoms with Gasteiger partial charge in [0.1, 0.15) is 5.82 Å². The molecule has 3 nitrogen and oxygen atoms in total. The topological polar surface area (TPSA) is 46.3 Å². The fourth-order valence-corrected chi connectivity index (χ4v) is 3.91. The van der Waals surface area contributed by atoms with Crippen LogP contribution in [0.2, 0.25) is 0 Å². The predicted molar refractivity (Wildman–Crippen MR) is 84.1 cm³/mol. The lowest BCUT2D eigenvalue weighted by Crippen LogP contribution is -2.44. The molecule has 2 atom stereocenters. The SMILES string of the molecule is C[C@H](N)[C@@H]1CCCN(C(=O)c2cc3cc(F)ccc3s2)C1. The van der Waals surface area contributed by atoms with Gasteiger partial charge in [0.05, 0.1) is 4.88 Å². The van der Waals surface area contributed by atoms with Crippen molar-refractivity contribution in [3.63, 3.8) is 0 Å². The maximum Gasteiger partial charge on any atom is 0.263 e. The number of likely N-dealkylation sites (tertiary alicyclic amines) is 1. The Morgan fingerprint density at radius 2 is 2.29 bits per heavy atom. The van der Waals surface area contributed by atoms with Crippen LogP contribution in [0.15, 0.2) is 24.3 Å². The van der Waals surface area contributed by atoms with Crippen LogP contribution in [0.1, 0.15) is 29.4 Å². The molecular weight excluding hydrogens is 287 g/mol. The molecule has 112 valence electrons. The first-order valence-corrected chi connectivity index (χ1v) is 8.10. The van der Waals surface area contributed by atoms with E-state index in [2.05, 4.69) is 0 Å². The number of benzene rings is 1. The van der Waals surface area contributed by atoms with Crippen LogP contribution in [-0.2, 0) is 0 Å². The zero-order chi connectivity index (χ0) is 15.0. The van der Waals surface area contributed by atoms with Crippen LogP contribution in [0.25, 0.3) is 10.1 Å². The van der Waals surface area contributed by atoms with E-state index in [0.29, 0.717) is 10.8 Å². The summed E-state index contributed by atoms with van der Waals surface area (Å²) in [5.74, 6) is 0.144. The Morgan fingerprint density at radius 1 is 1.48 bits per heavy atom. The van der Waals surface area contributed by atoms with Gasteiger partial charge in [0, 0.05) is 23.8 Å². The molecule has 0 saturated carbocycles. The molecule has 0 spiro atoms. The number of hydrogen-bond acceptors (Lipinski definition) is 3. The van der Waals surface area contributed by atoms with Gasteiger partial charge in [0.15, 0.2) is 0 Å². The normalized spacial score (nSPS) is 20.7. The van der Waals surface area contributed by atoms with E-state index in [9.17, 15) is 9.18 Å². The molecule has 1 aromatic carbocycles. The summed E-state index contributed by atoms with van der Waals surface area (Å²) in [5.41, 5.74) is 5.97.